The molecule has 0 bridgehead atoms. The fraction of sp³-hybridized carbons (Fsp3) is 0.417. The van der Waals surface area contributed by atoms with Crippen LogP contribution in [-0.4, -0.2) is 40.8 Å². The molecular weight excluding hydrogens is 396 g/mol. The highest BCUT2D eigenvalue weighted by molar-refractivity contribution is 5.89. The smallest absolute Gasteiger partial charge is 0.338 e. The number of phenols is 1. The first-order valence-corrected chi connectivity index (χ1v) is 10.8. The molecule has 1 aliphatic rings. The van der Waals surface area contributed by atoms with Crippen LogP contribution in [0.5, 0.6) is 11.5 Å². The van der Waals surface area contributed by atoms with Crippen LogP contribution >= 0.6 is 0 Å². The molecule has 1 N–H and O–H groups in total. The van der Waals surface area contributed by atoms with Crippen LogP contribution in [0.15, 0.2) is 40.9 Å². The van der Waals surface area contributed by atoms with Gasteiger partial charge in [-0.2, -0.15) is 0 Å². The van der Waals surface area contributed by atoms with Crippen molar-refractivity contribution in [3.8, 4) is 11.5 Å². The molecule has 1 fully saturated rings. The highest BCUT2D eigenvalue weighted by Gasteiger charge is 2.21. The predicted molar refractivity (Wildman–Crippen MR) is 116 cm³/mol. The summed E-state index contributed by atoms with van der Waals surface area (Å²) in [5, 5.41) is 15.5. The zero-order valence-corrected chi connectivity index (χ0v) is 18.0. The van der Waals surface area contributed by atoms with Gasteiger partial charge in [0.2, 0.25) is 0 Å². The second-order valence-electron chi connectivity index (χ2n) is 8.09. The Labute approximate surface area is 181 Å². The Balaban J connectivity index is 1.47. The van der Waals surface area contributed by atoms with Crippen molar-refractivity contribution in [2.24, 2.45) is 5.92 Å². The summed E-state index contributed by atoms with van der Waals surface area (Å²) in [7, 11) is 0. The molecule has 0 amide bonds. The number of aromatic hydroxyl groups is 1. The lowest BCUT2D eigenvalue weighted by Crippen LogP contribution is -2.33. The molecule has 4 rings (SSSR count). The zero-order chi connectivity index (χ0) is 21.8. The molecule has 0 saturated carbocycles. The topological polar surface area (TPSA) is 85.0 Å². The Bertz CT molecular complexity index is 1040. The van der Waals surface area contributed by atoms with E-state index in [1.807, 2.05) is 6.07 Å². The van der Waals surface area contributed by atoms with Crippen LogP contribution in [0.2, 0.25) is 0 Å². The Morgan fingerprint density at radius 2 is 2.06 bits per heavy atom. The van der Waals surface area contributed by atoms with Crippen molar-refractivity contribution >= 4 is 16.9 Å². The predicted octanol–water partition coefficient (Wildman–Crippen LogP) is 4.52. The van der Waals surface area contributed by atoms with Gasteiger partial charge in [-0.15, -0.1) is 0 Å². The Kier molecular flexibility index (Phi) is 6.42. The van der Waals surface area contributed by atoms with Crippen LogP contribution < -0.4 is 4.74 Å². The summed E-state index contributed by atoms with van der Waals surface area (Å²) in [5.41, 5.74) is 2.52. The summed E-state index contributed by atoms with van der Waals surface area (Å²) in [6.07, 6.45) is 2.42. The maximum atomic E-state index is 11.8. The van der Waals surface area contributed by atoms with Gasteiger partial charge >= 0.3 is 5.97 Å². The Hall–Kier alpha value is -3.06. The van der Waals surface area contributed by atoms with Gasteiger partial charge in [0.25, 0.3) is 0 Å². The van der Waals surface area contributed by atoms with Gasteiger partial charge in [0.1, 0.15) is 23.8 Å². The van der Waals surface area contributed by atoms with Crippen LogP contribution in [-0.2, 0) is 17.9 Å². The number of carbonyl (C=O) groups is 1. The number of benzene rings is 2. The van der Waals surface area contributed by atoms with Crippen LogP contribution in [0, 0.1) is 5.92 Å². The van der Waals surface area contributed by atoms with Crippen molar-refractivity contribution in [1.29, 1.82) is 0 Å². The fourth-order valence-corrected chi connectivity index (χ4v) is 4.06. The van der Waals surface area contributed by atoms with Gasteiger partial charge in [-0.3, -0.25) is 4.90 Å². The number of rotatable bonds is 7. The van der Waals surface area contributed by atoms with Crippen LogP contribution in [0.25, 0.3) is 11.0 Å². The van der Waals surface area contributed by atoms with E-state index in [0.717, 1.165) is 24.0 Å². The molecule has 2 aromatic carbocycles. The molecule has 2 heterocycles. The van der Waals surface area contributed by atoms with E-state index in [1.54, 1.807) is 37.3 Å². The van der Waals surface area contributed by atoms with Gasteiger partial charge < -0.3 is 19.1 Å². The van der Waals surface area contributed by atoms with Crippen molar-refractivity contribution in [2.45, 2.75) is 39.8 Å². The molecule has 3 aromatic rings. The first-order valence-electron chi connectivity index (χ1n) is 10.8. The molecule has 1 aromatic heterocycles. The van der Waals surface area contributed by atoms with Crippen LogP contribution in [0.3, 0.4) is 0 Å². The van der Waals surface area contributed by atoms with E-state index in [0.29, 0.717) is 41.7 Å². The summed E-state index contributed by atoms with van der Waals surface area (Å²) < 4.78 is 16.4. The molecule has 0 radical (unpaired) electrons. The summed E-state index contributed by atoms with van der Waals surface area (Å²) in [6, 6.07) is 10.3. The minimum Gasteiger partial charge on any atom is -0.507 e. The molecule has 1 aliphatic heterocycles. The molecule has 31 heavy (non-hydrogen) atoms. The number of aromatic nitrogens is 1. The molecule has 0 aliphatic carbocycles. The number of fused-ring (bicyclic) bond motifs is 1. The second kappa shape index (κ2) is 9.39. The van der Waals surface area contributed by atoms with Gasteiger partial charge in [-0.25, -0.2) is 4.79 Å². The first-order chi connectivity index (χ1) is 15.0. The summed E-state index contributed by atoms with van der Waals surface area (Å²) in [5.74, 6) is 1.14. The number of likely N-dealkylation sites (tertiary alicyclic amines) is 1. The largest absolute Gasteiger partial charge is 0.507 e. The highest BCUT2D eigenvalue weighted by Crippen LogP contribution is 2.32. The normalized spacial score (nSPS) is 17.0. The van der Waals surface area contributed by atoms with E-state index in [4.69, 9.17) is 14.0 Å². The first kappa shape index (κ1) is 21.2. The standard InChI is InChI=1S/C24H28N2O5/c1-3-29-24(28)17-6-8-18(9-7-17)30-15-21-19-10-11-22(27)20(23(19)31-25-21)14-26-12-4-5-16(2)13-26/h6-11,16,27H,3-5,12-15H2,1-2H3. The Morgan fingerprint density at radius 3 is 2.81 bits per heavy atom. The third kappa shape index (κ3) is 4.82. The number of hydrogen-bond donors (Lipinski definition) is 1. The number of esters is 1. The number of hydrogen-bond acceptors (Lipinski definition) is 7. The summed E-state index contributed by atoms with van der Waals surface area (Å²) >= 11 is 0. The average molecular weight is 424 g/mol. The molecule has 164 valence electrons. The SMILES string of the molecule is CCOC(=O)c1ccc(OCc2noc3c(CN4CCCC(C)C4)c(O)ccc23)cc1. The minimum atomic E-state index is -0.355. The maximum Gasteiger partial charge on any atom is 0.338 e. The van der Waals surface area contributed by atoms with Gasteiger partial charge in [0, 0.05) is 18.5 Å². The number of phenolic OH excluding ortho intramolecular Hbond substituents is 1. The molecule has 1 atom stereocenters. The molecular formula is C24H28N2O5. The molecule has 7 heteroatoms. The fourth-order valence-electron chi connectivity index (χ4n) is 4.06. The average Bonchev–Trinajstić information content (AvgIpc) is 3.18. The van der Waals surface area contributed by atoms with Gasteiger partial charge in [0.05, 0.1) is 17.7 Å². The molecule has 1 unspecified atom stereocenters. The lowest BCUT2D eigenvalue weighted by atomic mass is 9.99. The van der Waals surface area contributed by atoms with Crippen molar-refractivity contribution in [3.63, 3.8) is 0 Å². The quantitative estimate of drug-likeness (QED) is 0.558. The minimum absolute atomic E-state index is 0.219. The summed E-state index contributed by atoms with van der Waals surface area (Å²) in [6.45, 7) is 7.26. The zero-order valence-electron chi connectivity index (χ0n) is 18.0. The van der Waals surface area contributed by atoms with Crippen LogP contribution in [0.1, 0.15) is 48.3 Å². The van der Waals surface area contributed by atoms with E-state index in [2.05, 4.69) is 17.0 Å². The molecule has 1 saturated heterocycles. The Morgan fingerprint density at radius 1 is 1.26 bits per heavy atom. The van der Waals surface area contributed by atoms with Crippen molar-refractivity contribution in [1.82, 2.24) is 10.1 Å². The van der Waals surface area contributed by atoms with E-state index in [9.17, 15) is 9.90 Å². The van der Waals surface area contributed by atoms with Gasteiger partial charge in [-0.05, 0) is 68.6 Å². The van der Waals surface area contributed by atoms with E-state index < -0.39 is 0 Å². The lowest BCUT2D eigenvalue weighted by Gasteiger charge is -2.30. The highest BCUT2D eigenvalue weighted by atomic mass is 16.5. The summed E-state index contributed by atoms with van der Waals surface area (Å²) in [4.78, 5) is 14.1. The van der Waals surface area contributed by atoms with Crippen molar-refractivity contribution in [3.05, 3.63) is 53.2 Å². The number of ether oxygens (including phenoxy) is 2. The monoisotopic (exact) mass is 424 g/mol. The van der Waals surface area contributed by atoms with E-state index in [-0.39, 0.29) is 18.3 Å². The van der Waals surface area contributed by atoms with E-state index in [1.165, 1.54) is 12.8 Å². The third-order valence-electron chi connectivity index (χ3n) is 5.66. The number of nitrogens with zero attached hydrogens (tertiary/aromatic N) is 2. The maximum absolute atomic E-state index is 11.8. The second-order valence-corrected chi connectivity index (χ2v) is 8.09. The van der Waals surface area contributed by atoms with E-state index >= 15 is 0 Å². The van der Waals surface area contributed by atoms with Gasteiger partial charge in [-0.1, -0.05) is 12.1 Å². The lowest BCUT2D eigenvalue weighted by molar-refractivity contribution is 0.0526. The molecule has 7 nitrogen and oxygen atoms in total. The van der Waals surface area contributed by atoms with Crippen LogP contribution in [0.4, 0.5) is 0 Å². The van der Waals surface area contributed by atoms with Gasteiger partial charge in [0.15, 0.2) is 5.58 Å². The third-order valence-corrected chi connectivity index (χ3v) is 5.66. The van der Waals surface area contributed by atoms with Crippen molar-refractivity contribution < 1.29 is 23.9 Å². The van der Waals surface area contributed by atoms with Crippen molar-refractivity contribution in [2.75, 3.05) is 19.7 Å². The number of carbonyl (C=O) groups excluding carboxylic acids is 1. The molecule has 0 spiro atoms. The number of piperidine rings is 1.